The van der Waals surface area contributed by atoms with E-state index < -0.39 is 10.0 Å². The van der Waals surface area contributed by atoms with Crippen molar-refractivity contribution in [2.45, 2.75) is 25.7 Å². The molecule has 2 rings (SSSR count). The molecule has 0 radical (unpaired) electrons. The van der Waals surface area contributed by atoms with Gasteiger partial charge in [-0.15, -0.1) is 0 Å². The van der Waals surface area contributed by atoms with Crippen LogP contribution in [0.15, 0.2) is 41.3 Å². The van der Waals surface area contributed by atoms with Crippen LogP contribution in [0.5, 0.6) is 0 Å². The smallest absolute Gasteiger partial charge is 0.243 e. The second kappa shape index (κ2) is 5.31. The van der Waals surface area contributed by atoms with Crippen LogP contribution in [-0.2, 0) is 10.0 Å². The number of sulfonamides is 1. The van der Waals surface area contributed by atoms with Gasteiger partial charge in [-0.05, 0) is 17.5 Å². The summed E-state index contributed by atoms with van der Waals surface area (Å²) in [5.74, 6) is 0. The summed E-state index contributed by atoms with van der Waals surface area (Å²) in [6, 6.07) is 10.6. The highest BCUT2D eigenvalue weighted by Crippen LogP contribution is 2.30. The molecule has 0 aliphatic rings. The number of hydrogen-bond donors (Lipinski definition) is 1. The number of nitrogens with zero attached hydrogens (tertiary/aromatic N) is 1. The maximum atomic E-state index is 12.8. The van der Waals surface area contributed by atoms with Crippen molar-refractivity contribution in [2.75, 3.05) is 19.3 Å². The van der Waals surface area contributed by atoms with Gasteiger partial charge < -0.3 is 5.73 Å². The summed E-state index contributed by atoms with van der Waals surface area (Å²) < 4.78 is 27.0. The maximum Gasteiger partial charge on any atom is 0.243 e. The van der Waals surface area contributed by atoms with Crippen molar-refractivity contribution in [1.82, 2.24) is 4.31 Å². The standard InChI is InChI=1S/C16H22N2O2S/c1-16(2,3)11-18(4)21(19,20)15-10-9-14(17)12-7-5-6-8-13(12)15/h5-10H,11,17H2,1-4H3. The SMILES string of the molecule is CN(CC(C)(C)C)S(=O)(=O)c1ccc(N)c2ccccc12. The Morgan fingerprint density at radius 3 is 2.19 bits per heavy atom. The van der Waals surface area contributed by atoms with Crippen molar-refractivity contribution >= 4 is 26.5 Å². The van der Waals surface area contributed by atoms with Crippen molar-refractivity contribution < 1.29 is 8.42 Å². The van der Waals surface area contributed by atoms with Crippen LogP contribution >= 0.6 is 0 Å². The van der Waals surface area contributed by atoms with Crippen LogP contribution in [0.25, 0.3) is 10.8 Å². The second-order valence-corrected chi connectivity index (χ2v) is 8.53. The summed E-state index contributed by atoms with van der Waals surface area (Å²) in [5, 5.41) is 1.43. The van der Waals surface area contributed by atoms with Gasteiger partial charge in [0.2, 0.25) is 10.0 Å². The van der Waals surface area contributed by atoms with E-state index >= 15 is 0 Å². The molecule has 5 heteroatoms. The first-order chi connectivity index (χ1) is 9.63. The van der Waals surface area contributed by atoms with E-state index in [0.717, 1.165) is 5.39 Å². The Labute approximate surface area is 126 Å². The topological polar surface area (TPSA) is 63.4 Å². The van der Waals surface area contributed by atoms with Crippen LogP contribution in [0.1, 0.15) is 20.8 Å². The minimum Gasteiger partial charge on any atom is -0.398 e. The molecule has 0 saturated heterocycles. The molecule has 0 fully saturated rings. The second-order valence-electron chi connectivity index (χ2n) is 6.52. The normalized spacial score (nSPS) is 13.0. The fourth-order valence-corrected chi connectivity index (χ4v) is 4.03. The monoisotopic (exact) mass is 306 g/mol. The molecule has 0 heterocycles. The van der Waals surface area contributed by atoms with Crippen LogP contribution in [0.2, 0.25) is 0 Å². The van der Waals surface area contributed by atoms with Crippen LogP contribution in [-0.4, -0.2) is 26.3 Å². The molecule has 0 aromatic heterocycles. The van der Waals surface area contributed by atoms with Crippen LogP contribution in [0, 0.1) is 5.41 Å². The predicted octanol–water partition coefficient (Wildman–Crippen LogP) is 3.09. The van der Waals surface area contributed by atoms with E-state index in [0.29, 0.717) is 22.5 Å². The third kappa shape index (κ3) is 3.19. The van der Waals surface area contributed by atoms with Crippen molar-refractivity contribution in [1.29, 1.82) is 0 Å². The van der Waals surface area contributed by atoms with Crippen LogP contribution < -0.4 is 5.73 Å². The Balaban J connectivity index is 2.58. The van der Waals surface area contributed by atoms with Crippen molar-refractivity contribution in [3.63, 3.8) is 0 Å². The lowest BCUT2D eigenvalue weighted by atomic mass is 9.97. The Kier molecular flexibility index (Phi) is 4.00. The zero-order valence-electron chi connectivity index (χ0n) is 12.9. The first-order valence-electron chi connectivity index (χ1n) is 6.86. The van der Waals surface area contributed by atoms with Gasteiger partial charge >= 0.3 is 0 Å². The lowest BCUT2D eigenvalue weighted by molar-refractivity contribution is 0.311. The van der Waals surface area contributed by atoms with Crippen molar-refractivity contribution in [3.8, 4) is 0 Å². The minimum absolute atomic E-state index is 0.106. The summed E-state index contributed by atoms with van der Waals surface area (Å²) >= 11 is 0. The lowest BCUT2D eigenvalue weighted by Crippen LogP contribution is -2.34. The molecule has 21 heavy (non-hydrogen) atoms. The average Bonchev–Trinajstić information content (AvgIpc) is 2.37. The van der Waals surface area contributed by atoms with E-state index in [-0.39, 0.29) is 5.41 Å². The number of nitrogens with two attached hydrogens (primary N) is 1. The molecule has 2 aromatic rings. The van der Waals surface area contributed by atoms with Gasteiger partial charge in [0.15, 0.2) is 0 Å². The van der Waals surface area contributed by atoms with Gasteiger partial charge in [0, 0.05) is 30.1 Å². The van der Waals surface area contributed by atoms with Gasteiger partial charge in [0.1, 0.15) is 0 Å². The first kappa shape index (κ1) is 15.8. The van der Waals surface area contributed by atoms with E-state index in [2.05, 4.69) is 0 Å². The molecule has 0 atom stereocenters. The zero-order valence-corrected chi connectivity index (χ0v) is 13.7. The minimum atomic E-state index is -3.54. The Morgan fingerprint density at radius 2 is 1.62 bits per heavy atom. The van der Waals surface area contributed by atoms with Crippen LogP contribution in [0.3, 0.4) is 0 Å². The molecule has 2 N–H and O–H groups in total. The number of benzene rings is 2. The third-order valence-electron chi connectivity index (χ3n) is 3.30. The highest BCUT2D eigenvalue weighted by Gasteiger charge is 2.26. The Morgan fingerprint density at radius 1 is 1.05 bits per heavy atom. The van der Waals surface area contributed by atoms with Gasteiger partial charge in [-0.3, -0.25) is 0 Å². The molecule has 0 amide bonds. The number of nitrogen functional groups attached to an aromatic ring is 1. The molecule has 0 aliphatic heterocycles. The Hall–Kier alpha value is -1.59. The first-order valence-corrected chi connectivity index (χ1v) is 8.30. The van der Waals surface area contributed by atoms with Gasteiger partial charge in [0.05, 0.1) is 4.90 Å². The molecule has 0 bridgehead atoms. The molecule has 0 spiro atoms. The quantitative estimate of drug-likeness (QED) is 0.886. The van der Waals surface area contributed by atoms with Gasteiger partial charge in [-0.1, -0.05) is 45.0 Å². The van der Waals surface area contributed by atoms with E-state index in [1.54, 1.807) is 25.2 Å². The molecular formula is C16H22N2O2S. The predicted molar refractivity (Wildman–Crippen MR) is 87.6 cm³/mol. The highest BCUT2D eigenvalue weighted by molar-refractivity contribution is 7.89. The molecule has 4 nitrogen and oxygen atoms in total. The maximum absolute atomic E-state index is 12.8. The molecular weight excluding hydrogens is 284 g/mol. The summed E-state index contributed by atoms with van der Waals surface area (Å²) in [4.78, 5) is 0.305. The molecule has 0 unspecified atom stereocenters. The average molecular weight is 306 g/mol. The summed E-state index contributed by atoms with van der Waals surface area (Å²) in [7, 11) is -1.92. The largest absolute Gasteiger partial charge is 0.398 e. The number of hydrogen-bond acceptors (Lipinski definition) is 3. The highest BCUT2D eigenvalue weighted by atomic mass is 32.2. The molecule has 0 saturated carbocycles. The Bertz CT molecular complexity index is 761. The molecule has 2 aromatic carbocycles. The third-order valence-corrected chi connectivity index (χ3v) is 5.16. The summed E-state index contributed by atoms with van der Waals surface area (Å²) in [6.07, 6.45) is 0. The summed E-state index contributed by atoms with van der Waals surface area (Å²) in [5.41, 5.74) is 6.42. The van der Waals surface area contributed by atoms with E-state index in [1.807, 2.05) is 39.0 Å². The van der Waals surface area contributed by atoms with Gasteiger partial charge in [-0.2, -0.15) is 0 Å². The van der Waals surface area contributed by atoms with Crippen molar-refractivity contribution in [3.05, 3.63) is 36.4 Å². The lowest BCUT2D eigenvalue weighted by Gasteiger charge is -2.26. The van der Waals surface area contributed by atoms with Gasteiger partial charge in [-0.25, -0.2) is 12.7 Å². The van der Waals surface area contributed by atoms with Gasteiger partial charge in [0.25, 0.3) is 0 Å². The number of rotatable bonds is 3. The number of anilines is 1. The zero-order chi connectivity index (χ0) is 15.8. The number of fused-ring (bicyclic) bond motifs is 1. The molecule has 114 valence electrons. The fourth-order valence-electron chi connectivity index (χ4n) is 2.44. The van der Waals surface area contributed by atoms with E-state index in [1.165, 1.54) is 4.31 Å². The van der Waals surface area contributed by atoms with Crippen LogP contribution in [0.4, 0.5) is 5.69 Å². The van der Waals surface area contributed by atoms with E-state index in [4.69, 9.17) is 5.73 Å². The summed E-state index contributed by atoms with van der Waals surface area (Å²) in [6.45, 7) is 6.49. The van der Waals surface area contributed by atoms with E-state index in [9.17, 15) is 8.42 Å². The van der Waals surface area contributed by atoms with Crippen molar-refractivity contribution in [2.24, 2.45) is 5.41 Å². The molecule has 0 aliphatic carbocycles. The fraction of sp³-hybridized carbons (Fsp3) is 0.375.